The number of methoxy groups -OCH3 is 2. The summed E-state index contributed by atoms with van der Waals surface area (Å²) >= 11 is 1.22. The summed E-state index contributed by atoms with van der Waals surface area (Å²) in [6.45, 7) is 0. The van der Waals surface area contributed by atoms with Crippen molar-refractivity contribution in [3.8, 4) is 34.3 Å². The van der Waals surface area contributed by atoms with Gasteiger partial charge in [0, 0.05) is 0 Å². The Labute approximate surface area is 195 Å². The monoisotopic (exact) mass is 462 g/mol. The molecule has 9 heteroatoms. The second kappa shape index (κ2) is 10.1. The predicted octanol–water partition coefficient (Wildman–Crippen LogP) is 4.39. The molecular weight excluding hydrogens is 440 g/mol. The van der Waals surface area contributed by atoms with E-state index in [1.807, 2.05) is 42.5 Å². The van der Waals surface area contributed by atoms with Crippen LogP contribution in [0.5, 0.6) is 17.2 Å². The first-order valence-corrected chi connectivity index (χ1v) is 11.0. The molecule has 3 aromatic carbocycles. The van der Waals surface area contributed by atoms with E-state index in [1.165, 1.54) is 11.8 Å². The van der Waals surface area contributed by atoms with E-state index in [-0.39, 0.29) is 17.4 Å². The van der Waals surface area contributed by atoms with Gasteiger partial charge in [-0.3, -0.25) is 9.36 Å². The Balaban J connectivity index is 1.66. The van der Waals surface area contributed by atoms with Crippen molar-refractivity contribution in [3.05, 3.63) is 72.8 Å². The zero-order chi connectivity index (χ0) is 23.2. The number of nitrogens with one attached hydrogen (secondary N) is 1. The average Bonchev–Trinajstić information content (AvgIpc) is 3.26. The molecule has 0 saturated carbocycles. The number of carbonyl (C=O) groups excluding carboxylic acids is 1. The minimum atomic E-state index is -0.219. The molecule has 4 aromatic rings. The van der Waals surface area contributed by atoms with Crippen LogP contribution in [0.25, 0.3) is 17.1 Å². The Morgan fingerprint density at radius 2 is 1.61 bits per heavy atom. The lowest BCUT2D eigenvalue weighted by atomic mass is 10.2. The number of ether oxygens (including phenoxy) is 2. The summed E-state index contributed by atoms with van der Waals surface area (Å²) in [5.74, 6) is 1.57. The summed E-state index contributed by atoms with van der Waals surface area (Å²) in [7, 11) is 3.13. The van der Waals surface area contributed by atoms with Crippen molar-refractivity contribution in [1.82, 2.24) is 14.8 Å². The number of aromatic nitrogens is 3. The second-order valence-corrected chi connectivity index (χ2v) is 7.81. The number of benzene rings is 3. The topological polar surface area (TPSA) is 98.5 Å². The Kier molecular flexibility index (Phi) is 6.80. The van der Waals surface area contributed by atoms with Gasteiger partial charge >= 0.3 is 0 Å². The molecule has 33 heavy (non-hydrogen) atoms. The van der Waals surface area contributed by atoms with Crippen LogP contribution in [0, 0.1) is 0 Å². The van der Waals surface area contributed by atoms with E-state index in [0.29, 0.717) is 39.4 Å². The minimum absolute atomic E-state index is 0.0755. The first kappa shape index (κ1) is 22.2. The summed E-state index contributed by atoms with van der Waals surface area (Å²) < 4.78 is 12.6. The van der Waals surface area contributed by atoms with Gasteiger partial charge < -0.3 is 19.9 Å². The number of para-hydroxylation sites is 5. The van der Waals surface area contributed by atoms with Crippen LogP contribution < -0.4 is 14.8 Å². The quantitative estimate of drug-likeness (QED) is 0.375. The van der Waals surface area contributed by atoms with Crippen LogP contribution in [0.3, 0.4) is 0 Å². The van der Waals surface area contributed by atoms with Gasteiger partial charge in [0.05, 0.1) is 36.9 Å². The van der Waals surface area contributed by atoms with Crippen molar-refractivity contribution >= 4 is 23.4 Å². The van der Waals surface area contributed by atoms with Gasteiger partial charge in [0.2, 0.25) is 5.91 Å². The van der Waals surface area contributed by atoms with Crippen LogP contribution in [-0.2, 0) is 4.79 Å². The molecule has 2 N–H and O–H groups in total. The molecule has 4 rings (SSSR count). The van der Waals surface area contributed by atoms with Gasteiger partial charge in [0.25, 0.3) is 0 Å². The number of phenolic OH excluding ortho intramolecular Hbond substituents is 1. The molecular formula is C24H22N4O4S. The van der Waals surface area contributed by atoms with Crippen LogP contribution >= 0.6 is 11.8 Å². The molecule has 1 aromatic heterocycles. The van der Waals surface area contributed by atoms with E-state index in [0.717, 1.165) is 0 Å². The lowest BCUT2D eigenvalue weighted by molar-refractivity contribution is -0.113. The van der Waals surface area contributed by atoms with Gasteiger partial charge in [-0.25, -0.2) is 0 Å². The normalized spacial score (nSPS) is 10.6. The van der Waals surface area contributed by atoms with Crippen molar-refractivity contribution in [1.29, 1.82) is 0 Å². The predicted molar refractivity (Wildman–Crippen MR) is 127 cm³/mol. The van der Waals surface area contributed by atoms with Crippen molar-refractivity contribution in [2.24, 2.45) is 0 Å². The van der Waals surface area contributed by atoms with Crippen molar-refractivity contribution in [2.75, 3.05) is 25.3 Å². The summed E-state index contributed by atoms with van der Waals surface area (Å²) in [6.07, 6.45) is 0. The maximum atomic E-state index is 12.6. The number of thioether (sulfide) groups is 1. The van der Waals surface area contributed by atoms with Crippen molar-refractivity contribution < 1.29 is 19.4 Å². The highest BCUT2D eigenvalue weighted by atomic mass is 32.2. The molecule has 8 nitrogen and oxygen atoms in total. The fourth-order valence-corrected chi connectivity index (χ4v) is 4.04. The number of hydrogen-bond acceptors (Lipinski definition) is 7. The van der Waals surface area contributed by atoms with Crippen LogP contribution in [-0.4, -0.2) is 45.8 Å². The number of phenols is 1. The molecule has 1 heterocycles. The molecule has 0 fully saturated rings. The smallest absolute Gasteiger partial charge is 0.234 e. The van der Waals surface area contributed by atoms with E-state index < -0.39 is 0 Å². The fraction of sp³-hybridized carbons (Fsp3) is 0.125. The molecule has 0 saturated heterocycles. The molecule has 0 unspecified atom stereocenters. The van der Waals surface area contributed by atoms with E-state index in [4.69, 9.17) is 9.47 Å². The molecule has 168 valence electrons. The lowest BCUT2D eigenvalue weighted by Gasteiger charge is -2.14. The summed E-state index contributed by atoms with van der Waals surface area (Å²) in [6, 6.07) is 21.5. The van der Waals surface area contributed by atoms with Crippen LogP contribution in [0.4, 0.5) is 5.69 Å². The number of aromatic hydroxyl groups is 1. The van der Waals surface area contributed by atoms with Gasteiger partial charge in [-0.05, 0) is 36.4 Å². The Morgan fingerprint density at radius 1 is 0.939 bits per heavy atom. The number of nitrogens with zero attached hydrogens (tertiary/aromatic N) is 3. The Bertz CT molecular complexity index is 1270. The van der Waals surface area contributed by atoms with Crippen LogP contribution in [0.15, 0.2) is 78.0 Å². The molecule has 0 aliphatic carbocycles. The zero-order valence-corrected chi connectivity index (χ0v) is 18.9. The number of amides is 1. The molecule has 0 spiro atoms. The first-order valence-electron chi connectivity index (χ1n) is 10.0. The van der Waals surface area contributed by atoms with E-state index >= 15 is 0 Å². The number of hydrogen-bond donors (Lipinski definition) is 2. The lowest BCUT2D eigenvalue weighted by Crippen LogP contribution is -2.15. The second-order valence-electron chi connectivity index (χ2n) is 6.87. The van der Waals surface area contributed by atoms with Crippen molar-refractivity contribution in [2.45, 2.75) is 5.16 Å². The van der Waals surface area contributed by atoms with Gasteiger partial charge in [-0.15, -0.1) is 10.2 Å². The largest absolute Gasteiger partial charge is 0.507 e. The van der Waals surface area contributed by atoms with E-state index in [2.05, 4.69) is 15.5 Å². The average molecular weight is 463 g/mol. The molecule has 0 aliphatic rings. The zero-order valence-electron chi connectivity index (χ0n) is 18.1. The molecule has 0 atom stereocenters. The highest BCUT2D eigenvalue weighted by Gasteiger charge is 2.21. The highest BCUT2D eigenvalue weighted by Crippen LogP contribution is 2.35. The summed E-state index contributed by atoms with van der Waals surface area (Å²) in [5, 5.41) is 22.4. The SMILES string of the molecule is COc1ccccc1NC(=O)CSc1nnc(-c2ccccc2O)n1-c1ccccc1OC. The first-order chi connectivity index (χ1) is 16.1. The summed E-state index contributed by atoms with van der Waals surface area (Å²) in [4.78, 5) is 12.6. The number of rotatable bonds is 8. The maximum absolute atomic E-state index is 12.6. The molecule has 0 aliphatic heterocycles. The van der Waals surface area contributed by atoms with Crippen molar-refractivity contribution in [3.63, 3.8) is 0 Å². The van der Waals surface area contributed by atoms with Gasteiger partial charge in [0.15, 0.2) is 11.0 Å². The highest BCUT2D eigenvalue weighted by molar-refractivity contribution is 7.99. The van der Waals surface area contributed by atoms with E-state index in [9.17, 15) is 9.90 Å². The third-order valence-electron chi connectivity index (χ3n) is 4.82. The Morgan fingerprint density at radius 3 is 2.36 bits per heavy atom. The molecule has 0 bridgehead atoms. The summed E-state index contributed by atoms with van der Waals surface area (Å²) in [5.41, 5.74) is 1.80. The standard InChI is InChI=1S/C24H22N4O4S/c1-31-20-13-7-4-10-17(20)25-22(30)15-33-24-27-26-23(16-9-3-6-12-19(16)29)28(24)18-11-5-8-14-21(18)32-2/h3-14,29H,15H2,1-2H3,(H,25,30). The van der Waals surface area contributed by atoms with E-state index in [1.54, 1.807) is 49.1 Å². The number of anilines is 1. The number of carbonyl (C=O) groups is 1. The van der Waals surface area contributed by atoms with Crippen LogP contribution in [0.2, 0.25) is 0 Å². The fourth-order valence-electron chi connectivity index (χ4n) is 3.30. The Hall–Kier alpha value is -3.98. The van der Waals surface area contributed by atoms with Crippen LogP contribution in [0.1, 0.15) is 0 Å². The van der Waals surface area contributed by atoms with Gasteiger partial charge in [0.1, 0.15) is 17.2 Å². The molecule has 1 amide bonds. The molecule has 0 radical (unpaired) electrons. The van der Waals surface area contributed by atoms with Gasteiger partial charge in [-0.1, -0.05) is 48.2 Å². The minimum Gasteiger partial charge on any atom is -0.507 e. The third-order valence-corrected chi connectivity index (χ3v) is 5.75. The van der Waals surface area contributed by atoms with Gasteiger partial charge in [-0.2, -0.15) is 0 Å². The maximum Gasteiger partial charge on any atom is 0.234 e. The third kappa shape index (κ3) is 4.78.